The van der Waals surface area contributed by atoms with Crippen molar-refractivity contribution in [1.82, 2.24) is 9.97 Å². The van der Waals surface area contributed by atoms with Gasteiger partial charge in [0.2, 0.25) is 11.8 Å². The van der Waals surface area contributed by atoms with Crippen molar-refractivity contribution in [3.05, 3.63) is 12.3 Å². The van der Waals surface area contributed by atoms with Gasteiger partial charge in [0.15, 0.2) is 0 Å². The van der Waals surface area contributed by atoms with Gasteiger partial charge in [-0.05, 0) is 25.2 Å². The molecule has 0 amide bonds. The van der Waals surface area contributed by atoms with E-state index >= 15 is 0 Å². The van der Waals surface area contributed by atoms with Crippen molar-refractivity contribution in [3.63, 3.8) is 0 Å². The van der Waals surface area contributed by atoms with Crippen molar-refractivity contribution >= 4 is 5.95 Å². The Kier molecular flexibility index (Phi) is 5.20. The molecule has 1 saturated carbocycles. The zero-order chi connectivity index (χ0) is 12.6. The van der Waals surface area contributed by atoms with Crippen LogP contribution in [-0.4, -0.2) is 36.3 Å². The first kappa shape index (κ1) is 13.1. The zero-order valence-electron chi connectivity index (χ0n) is 10.9. The van der Waals surface area contributed by atoms with E-state index in [4.69, 9.17) is 9.47 Å². The summed E-state index contributed by atoms with van der Waals surface area (Å²) in [6.45, 7) is 5.06. The van der Waals surface area contributed by atoms with Crippen LogP contribution in [0.2, 0.25) is 0 Å². The molecule has 1 aliphatic carbocycles. The lowest BCUT2D eigenvalue weighted by Gasteiger charge is -2.07. The Hall–Kier alpha value is -1.36. The number of hydrogen-bond donors (Lipinski definition) is 1. The van der Waals surface area contributed by atoms with Gasteiger partial charge in [0.05, 0.1) is 13.2 Å². The molecule has 0 aromatic carbocycles. The van der Waals surface area contributed by atoms with E-state index in [1.807, 2.05) is 0 Å². The van der Waals surface area contributed by atoms with Gasteiger partial charge in [0.1, 0.15) is 0 Å². The van der Waals surface area contributed by atoms with Gasteiger partial charge in [-0.3, -0.25) is 0 Å². The molecule has 1 heterocycles. The average Bonchev–Trinajstić information content (AvgIpc) is 3.20. The molecule has 2 rings (SSSR count). The molecular weight excluding hydrogens is 230 g/mol. The highest BCUT2D eigenvalue weighted by molar-refractivity contribution is 5.27. The van der Waals surface area contributed by atoms with Crippen LogP contribution < -0.4 is 10.1 Å². The predicted octanol–water partition coefficient (Wildman–Crippen LogP) is 2.10. The van der Waals surface area contributed by atoms with Gasteiger partial charge in [-0.15, -0.1) is 0 Å². The van der Waals surface area contributed by atoms with Gasteiger partial charge in [0, 0.05) is 25.4 Å². The first-order valence-electron chi connectivity index (χ1n) is 6.66. The lowest BCUT2D eigenvalue weighted by molar-refractivity contribution is 0.133. The third-order valence-electron chi connectivity index (χ3n) is 2.66. The van der Waals surface area contributed by atoms with Crippen LogP contribution >= 0.6 is 0 Å². The standard InChI is InChI=1S/C13H21N3O2/c1-2-8-18-12-5-6-14-13(16-12)15-7-9-17-10-11-3-4-11/h5-6,11H,2-4,7-10H2,1H3,(H,14,15,16). The predicted molar refractivity (Wildman–Crippen MR) is 69.9 cm³/mol. The molecule has 18 heavy (non-hydrogen) atoms. The van der Waals surface area contributed by atoms with Crippen molar-refractivity contribution in [2.45, 2.75) is 26.2 Å². The number of hydrogen-bond acceptors (Lipinski definition) is 5. The maximum Gasteiger partial charge on any atom is 0.226 e. The summed E-state index contributed by atoms with van der Waals surface area (Å²) in [5.74, 6) is 2.03. The largest absolute Gasteiger partial charge is 0.478 e. The molecule has 5 nitrogen and oxygen atoms in total. The fourth-order valence-electron chi connectivity index (χ4n) is 1.48. The maximum atomic E-state index is 5.53. The first-order valence-corrected chi connectivity index (χ1v) is 6.66. The third kappa shape index (κ3) is 4.87. The van der Waals surface area contributed by atoms with E-state index in [1.165, 1.54) is 12.8 Å². The van der Waals surface area contributed by atoms with E-state index in [-0.39, 0.29) is 0 Å². The molecule has 0 bridgehead atoms. The topological polar surface area (TPSA) is 56.3 Å². The van der Waals surface area contributed by atoms with Crippen LogP contribution in [0, 0.1) is 5.92 Å². The summed E-state index contributed by atoms with van der Waals surface area (Å²) in [4.78, 5) is 8.39. The van der Waals surface area contributed by atoms with Gasteiger partial charge < -0.3 is 14.8 Å². The van der Waals surface area contributed by atoms with Gasteiger partial charge in [-0.2, -0.15) is 4.98 Å². The molecule has 1 N–H and O–H groups in total. The first-order chi connectivity index (χ1) is 8.88. The molecule has 100 valence electrons. The van der Waals surface area contributed by atoms with Gasteiger partial charge >= 0.3 is 0 Å². The second kappa shape index (κ2) is 7.16. The summed E-state index contributed by atoms with van der Waals surface area (Å²) in [5, 5.41) is 3.13. The Morgan fingerprint density at radius 1 is 1.39 bits per heavy atom. The highest BCUT2D eigenvalue weighted by atomic mass is 16.5. The maximum absolute atomic E-state index is 5.53. The summed E-state index contributed by atoms with van der Waals surface area (Å²) in [6, 6.07) is 1.77. The molecule has 0 spiro atoms. The van der Waals surface area contributed by atoms with E-state index in [0.29, 0.717) is 25.0 Å². The van der Waals surface area contributed by atoms with E-state index < -0.39 is 0 Å². The Balaban J connectivity index is 1.64. The van der Waals surface area contributed by atoms with Crippen LogP contribution in [0.1, 0.15) is 26.2 Å². The van der Waals surface area contributed by atoms with E-state index in [0.717, 1.165) is 25.5 Å². The molecule has 5 heteroatoms. The van der Waals surface area contributed by atoms with Gasteiger partial charge in [0.25, 0.3) is 0 Å². The third-order valence-corrected chi connectivity index (χ3v) is 2.66. The fraction of sp³-hybridized carbons (Fsp3) is 0.692. The summed E-state index contributed by atoms with van der Waals surface area (Å²) in [5.41, 5.74) is 0. The van der Waals surface area contributed by atoms with E-state index in [1.54, 1.807) is 12.3 Å². The number of nitrogens with zero attached hydrogens (tertiary/aromatic N) is 2. The van der Waals surface area contributed by atoms with Crippen molar-refractivity contribution in [2.75, 3.05) is 31.7 Å². The van der Waals surface area contributed by atoms with Crippen LogP contribution in [-0.2, 0) is 4.74 Å². The van der Waals surface area contributed by atoms with Gasteiger partial charge in [-0.1, -0.05) is 6.92 Å². The smallest absolute Gasteiger partial charge is 0.226 e. The second-order valence-electron chi connectivity index (χ2n) is 4.51. The highest BCUT2D eigenvalue weighted by Gasteiger charge is 2.20. The molecule has 0 aliphatic heterocycles. The summed E-state index contributed by atoms with van der Waals surface area (Å²) >= 11 is 0. The molecule has 1 aromatic rings. The molecule has 0 unspecified atom stereocenters. The van der Waals surface area contributed by atoms with Crippen LogP contribution in [0.5, 0.6) is 5.88 Å². The number of rotatable bonds is 9. The average molecular weight is 251 g/mol. The number of anilines is 1. The van der Waals surface area contributed by atoms with E-state index in [2.05, 4.69) is 22.2 Å². The minimum Gasteiger partial charge on any atom is -0.478 e. The molecule has 0 saturated heterocycles. The van der Waals surface area contributed by atoms with Crippen molar-refractivity contribution in [1.29, 1.82) is 0 Å². The molecule has 1 aromatic heterocycles. The monoisotopic (exact) mass is 251 g/mol. The highest BCUT2D eigenvalue weighted by Crippen LogP contribution is 2.28. The van der Waals surface area contributed by atoms with Crippen molar-refractivity contribution in [2.24, 2.45) is 5.92 Å². The quantitative estimate of drug-likeness (QED) is 0.681. The lowest BCUT2D eigenvalue weighted by Crippen LogP contribution is -2.12. The molecule has 1 aliphatic rings. The summed E-state index contributed by atoms with van der Waals surface area (Å²) in [7, 11) is 0. The molecule has 0 atom stereocenters. The molecule has 0 radical (unpaired) electrons. The Morgan fingerprint density at radius 3 is 3.06 bits per heavy atom. The Morgan fingerprint density at radius 2 is 2.28 bits per heavy atom. The summed E-state index contributed by atoms with van der Waals surface area (Å²) < 4.78 is 11.0. The lowest BCUT2D eigenvalue weighted by atomic mass is 10.5. The van der Waals surface area contributed by atoms with Crippen LogP contribution in [0.25, 0.3) is 0 Å². The minimum absolute atomic E-state index is 0.596. The normalized spacial score (nSPS) is 14.5. The molecule has 1 fully saturated rings. The zero-order valence-corrected chi connectivity index (χ0v) is 10.9. The Labute approximate surface area is 108 Å². The Bertz CT molecular complexity index is 356. The van der Waals surface area contributed by atoms with Crippen LogP contribution in [0.15, 0.2) is 12.3 Å². The number of aromatic nitrogens is 2. The SMILES string of the molecule is CCCOc1ccnc(NCCOCC2CC2)n1. The minimum atomic E-state index is 0.596. The van der Waals surface area contributed by atoms with Crippen LogP contribution in [0.3, 0.4) is 0 Å². The number of ether oxygens (including phenoxy) is 2. The summed E-state index contributed by atoms with van der Waals surface area (Å²) in [6.07, 6.45) is 5.33. The number of nitrogens with one attached hydrogen (secondary N) is 1. The van der Waals surface area contributed by atoms with Gasteiger partial charge in [-0.25, -0.2) is 4.98 Å². The second-order valence-corrected chi connectivity index (χ2v) is 4.51. The molecular formula is C13H21N3O2. The van der Waals surface area contributed by atoms with Crippen LogP contribution in [0.4, 0.5) is 5.95 Å². The fourth-order valence-corrected chi connectivity index (χ4v) is 1.48. The van der Waals surface area contributed by atoms with Crippen molar-refractivity contribution < 1.29 is 9.47 Å². The van der Waals surface area contributed by atoms with Crippen molar-refractivity contribution in [3.8, 4) is 5.88 Å². The van der Waals surface area contributed by atoms with E-state index in [9.17, 15) is 0 Å².